The van der Waals surface area contributed by atoms with Crippen LogP contribution in [-0.4, -0.2) is 53.8 Å². The number of aromatic nitrogens is 2. The van der Waals surface area contributed by atoms with Crippen molar-refractivity contribution in [3.05, 3.63) is 12.4 Å². The fraction of sp³-hybridized carbons (Fsp3) is 0.786. The second-order valence-electron chi connectivity index (χ2n) is 5.60. The number of ether oxygens (including phenoxy) is 1. The van der Waals surface area contributed by atoms with Gasteiger partial charge in [0, 0.05) is 51.8 Å². The van der Waals surface area contributed by atoms with Crippen LogP contribution < -0.4 is 5.32 Å². The summed E-state index contributed by atoms with van der Waals surface area (Å²) < 4.78 is 7.38. The Labute approximate surface area is 114 Å². The van der Waals surface area contributed by atoms with Gasteiger partial charge >= 0.3 is 0 Å². The highest BCUT2D eigenvalue weighted by Crippen LogP contribution is 2.34. The average molecular weight is 264 g/mol. The van der Waals surface area contributed by atoms with Crippen LogP contribution in [0.5, 0.6) is 0 Å². The summed E-state index contributed by atoms with van der Waals surface area (Å²) in [5.74, 6) is 1.01. The second kappa shape index (κ2) is 5.92. The average Bonchev–Trinajstić information content (AvgIpc) is 2.99. The van der Waals surface area contributed by atoms with Gasteiger partial charge < -0.3 is 14.6 Å². The molecule has 1 aliphatic carbocycles. The van der Waals surface area contributed by atoms with E-state index in [-0.39, 0.29) is 0 Å². The number of methoxy groups -OCH3 is 1. The molecule has 2 aliphatic rings. The van der Waals surface area contributed by atoms with E-state index in [4.69, 9.17) is 4.74 Å². The zero-order chi connectivity index (χ0) is 13.1. The lowest BCUT2D eigenvalue weighted by Gasteiger charge is -2.18. The summed E-state index contributed by atoms with van der Waals surface area (Å²) >= 11 is 0. The first-order valence-corrected chi connectivity index (χ1v) is 7.38. The zero-order valence-electron chi connectivity index (χ0n) is 11.7. The molecule has 1 N–H and O–H groups in total. The maximum absolute atomic E-state index is 5.06. The van der Waals surface area contributed by atoms with Crippen molar-refractivity contribution in [3.63, 3.8) is 0 Å². The first kappa shape index (κ1) is 12.9. The Morgan fingerprint density at radius 3 is 3.05 bits per heavy atom. The van der Waals surface area contributed by atoms with Gasteiger partial charge in [-0.05, 0) is 25.7 Å². The lowest BCUT2D eigenvalue weighted by Crippen LogP contribution is -2.24. The number of hydrogen-bond acceptors (Lipinski definition) is 4. The van der Waals surface area contributed by atoms with Crippen molar-refractivity contribution in [2.45, 2.75) is 37.8 Å². The molecule has 5 nitrogen and oxygen atoms in total. The number of anilines is 1. The van der Waals surface area contributed by atoms with Crippen LogP contribution in [0.25, 0.3) is 0 Å². The highest BCUT2D eigenvalue weighted by molar-refractivity contribution is 5.27. The topological polar surface area (TPSA) is 42.3 Å². The van der Waals surface area contributed by atoms with Crippen LogP contribution in [0.3, 0.4) is 0 Å². The van der Waals surface area contributed by atoms with Crippen molar-refractivity contribution >= 4 is 5.95 Å². The van der Waals surface area contributed by atoms with E-state index in [0.717, 1.165) is 31.6 Å². The van der Waals surface area contributed by atoms with Crippen LogP contribution in [0.2, 0.25) is 0 Å². The summed E-state index contributed by atoms with van der Waals surface area (Å²) in [5, 5.41) is 3.42. The quantitative estimate of drug-likeness (QED) is 0.762. The van der Waals surface area contributed by atoms with Gasteiger partial charge in [-0.25, -0.2) is 4.98 Å². The van der Waals surface area contributed by atoms with Gasteiger partial charge in [-0.2, -0.15) is 0 Å². The molecule has 0 spiro atoms. The zero-order valence-corrected chi connectivity index (χ0v) is 11.7. The van der Waals surface area contributed by atoms with Crippen LogP contribution in [-0.2, 0) is 4.74 Å². The van der Waals surface area contributed by atoms with Gasteiger partial charge in [-0.15, -0.1) is 0 Å². The van der Waals surface area contributed by atoms with E-state index in [9.17, 15) is 0 Å². The summed E-state index contributed by atoms with van der Waals surface area (Å²) in [4.78, 5) is 7.07. The smallest absolute Gasteiger partial charge is 0.203 e. The highest BCUT2D eigenvalue weighted by Gasteiger charge is 2.35. The fourth-order valence-corrected chi connectivity index (χ4v) is 2.93. The minimum absolute atomic E-state index is 0.591. The molecule has 2 heterocycles. The molecular weight excluding hydrogens is 240 g/mol. The van der Waals surface area contributed by atoms with Gasteiger partial charge in [-0.3, -0.25) is 4.90 Å². The van der Waals surface area contributed by atoms with Crippen LogP contribution in [0.15, 0.2) is 12.4 Å². The lowest BCUT2D eigenvalue weighted by molar-refractivity contribution is 0.197. The van der Waals surface area contributed by atoms with Crippen LogP contribution >= 0.6 is 0 Å². The molecule has 19 heavy (non-hydrogen) atoms. The Morgan fingerprint density at radius 2 is 2.26 bits per heavy atom. The Kier molecular flexibility index (Phi) is 4.03. The predicted molar refractivity (Wildman–Crippen MR) is 75.5 cm³/mol. The van der Waals surface area contributed by atoms with E-state index in [1.165, 1.54) is 32.4 Å². The summed E-state index contributed by atoms with van der Waals surface area (Å²) in [6, 6.07) is 1.47. The van der Waals surface area contributed by atoms with Gasteiger partial charge in [0.05, 0.1) is 6.04 Å². The third-order valence-electron chi connectivity index (χ3n) is 4.13. The molecule has 1 aromatic heterocycles. The number of imidazole rings is 1. The largest absolute Gasteiger partial charge is 0.385 e. The molecule has 0 amide bonds. The van der Waals surface area contributed by atoms with E-state index in [1.807, 2.05) is 6.20 Å². The molecule has 0 bridgehead atoms. The second-order valence-corrected chi connectivity index (χ2v) is 5.60. The summed E-state index contributed by atoms with van der Waals surface area (Å²) in [5.41, 5.74) is 0. The number of nitrogens with one attached hydrogen (secondary N) is 1. The van der Waals surface area contributed by atoms with E-state index < -0.39 is 0 Å². The Morgan fingerprint density at radius 1 is 1.37 bits per heavy atom. The maximum Gasteiger partial charge on any atom is 0.203 e. The number of hydrogen-bond donors (Lipinski definition) is 1. The fourth-order valence-electron chi connectivity index (χ4n) is 2.93. The Bertz CT molecular complexity index is 402. The number of nitrogens with zero attached hydrogens (tertiary/aromatic N) is 3. The molecule has 1 aliphatic heterocycles. The molecule has 1 aromatic rings. The molecule has 106 valence electrons. The third kappa shape index (κ3) is 3.09. The van der Waals surface area contributed by atoms with Gasteiger partial charge in [0.15, 0.2) is 0 Å². The molecular formula is C14H24N4O. The molecule has 2 fully saturated rings. The molecule has 0 aromatic carbocycles. The predicted octanol–water partition coefficient (Wildman–Crippen LogP) is 1.74. The van der Waals surface area contributed by atoms with E-state index in [0.29, 0.717) is 6.04 Å². The standard InChI is InChI=1S/C14H24N4O/c1-19-10-2-6-15-14-16-7-9-18(14)13-5-8-17(11-13)12-3-4-12/h7,9,12-13H,2-6,8,10-11H2,1H3,(H,15,16). The van der Waals surface area contributed by atoms with Crippen molar-refractivity contribution in [1.82, 2.24) is 14.5 Å². The van der Waals surface area contributed by atoms with Crippen LogP contribution in [0.4, 0.5) is 5.95 Å². The Hall–Kier alpha value is -1.07. The number of likely N-dealkylation sites (tertiary alicyclic amines) is 1. The molecule has 5 heteroatoms. The lowest BCUT2D eigenvalue weighted by atomic mass is 10.2. The van der Waals surface area contributed by atoms with E-state index >= 15 is 0 Å². The summed E-state index contributed by atoms with van der Waals surface area (Å²) in [7, 11) is 1.74. The summed E-state index contributed by atoms with van der Waals surface area (Å²) in [6.45, 7) is 4.15. The highest BCUT2D eigenvalue weighted by atomic mass is 16.5. The van der Waals surface area contributed by atoms with Crippen molar-refractivity contribution in [1.29, 1.82) is 0 Å². The monoisotopic (exact) mass is 264 g/mol. The van der Waals surface area contributed by atoms with Crippen LogP contribution in [0, 0.1) is 0 Å². The molecule has 1 saturated carbocycles. The molecule has 1 atom stereocenters. The van der Waals surface area contributed by atoms with Gasteiger partial charge in [0.25, 0.3) is 0 Å². The van der Waals surface area contributed by atoms with Crippen molar-refractivity contribution < 1.29 is 4.74 Å². The molecule has 1 saturated heterocycles. The minimum atomic E-state index is 0.591. The first-order valence-electron chi connectivity index (χ1n) is 7.38. The molecule has 0 radical (unpaired) electrons. The van der Waals surface area contributed by atoms with Gasteiger partial charge in [0.2, 0.25) is 5.95 Å². The van der Waals surface area contributed by atoms with E-state index in [1.54, 1.807) is 7.11 Å². The third-order valence-corrected chi connectivity index (χ3v) is 4.13. The minimum Gasteiger partial charge on any atom is -0.385 e. The van der Waals surface area contributed by atoms with Gasteiger partial charge in [0.1, 0.15) is 0 Å². The number of rotatable bonds is 7. The molecule has 3 rings (SSSR count). The Balaban J connectivity index is 1.54. The summed E-state index contributed by atoms with van der Waals surface area (Å²) in [6.07, 6.45) is 9.08. The maximum atomic E-state index is 5.06. The van der Waals surface area contributed by atoms with Gasteiger partial charge in [-0.1, -0.05) is 0 Å². The molecule has 1 unspecified atom stereocenters. The SMILES string of the molecule is COCCCNc1nccn1C1CCN(C2CC2)C1. The van der Waals surface area contributed by atoms with E-state index in [2.05, 4.69) is 26.0 Å². The van der Waals surface area contributed by atoms with Crippen molar-refractivity contribution in [2.75, 3.05) is 38.7 Å². The van der Waals surface area contributed by atoms with Crippen molar-refractivity contribution in [3.8, 4) is 0 Å². The first-order chi connectivity index (χ1) is 9.38. The van der Waals surface area contributed by atoms with Crippen molar-refractivity contribution in [2.24, 2.45) is 0 Å². The normalized spacial score (nSPS) is 23.9. The van der Waals surface area contributed by atoms with Crippen LogP contribution in [0.1, 0.15) is 31.7 Å².